The fourth-order valence-corrected chi connectivity index (χ4v) is 7.07. The highest BCUT2D eigenvalue weighted by Crippen LogP contribution is 2.45. The second-order valence-corrected chi connectivity index (χ2v) is 13.2. The van der Waals surface area contributed by atoms with Crippen molar-refractivity contribution in [3.63, 3.8) is 0 Å². The maximum atomic E-state index is 11.6. The van der Waals surface area contributed by atoms with E-state index in [1.807, 2.05) is 6.07 Å². The molecule has 0 unspecified atom stereocenters. The number of rotatable bonds is 10. The van der Waals surface area contributed by atoms with Crippen molar-refractivity contribution in [2.75, 3.05) is 13.7 Å². The van der Waals surface area contributed by atoms with Gasteiger partial charge in [0.25, 0.3) is 0 Å². The Morgan fingerprint density at radius 3 is 2.58 bits per heavy atom. The largest absolute Gasteiger partial charge is 0.481 e. The number of aliphatic hydroxyl groups is 1. The molecule has 0 bridgehead atoms. The Kier molecular flexibility index (Phi) is 8.91. The third-order valence-corrected chi connectivity index (χ3v) is 9.85. The number of nitrogens with zero attached hydrogens (tertiary/aromatic N) is 1. The van der Waals surface area contributed by atoms with E-state index in [1.165, 1.54) is 30.7 Å². The van der Waals surface area contributed by atoms with Gasteiger partial charge in [-0.1, -0.05) is 66.2 Å². The summed E-state index contributed by atoms with van der Waals surface area (Å²) in [5, 5.41) is 22.6. The first-order chi connectivity index (χ1) is 21.6. The number of hydrogen-bond acceptors (Lipinski definition) is 7. The quantitative estimate of drug-likeness (QED) is 0.154. The number of methoxy groups -OCH3 is 1. The van der Waals surface area contributed by atoms with E-state index in [4.69, 9.17) is 26.8 Å². The van der Waals surface area contributed by atoms with Gasteiger partial charge in [0, 0.05) is 29.3 Å². The zero-order chi connectivity index (χ0) is 31.9. The molecule has 0 amide bonds. The van der Waals surface area contributed by atoms with Crippen molar-refractivity contribution in [2.24, 2.45) is 5.73 Å². The second-order valence-electron chi connectivity index (χ2n) is 11.9. The first kappa shape index (κ1) is 31.5. The van der Waals surface area contributed by atoms with Crippen molar-refractivity contribution in [2.45, 2.75) is 56.8 Å². The highest BCUT2D eigenvalue weighted by atomic mass is 79.9. The number of hydrogen-bond donors (Lipinski definition) is 4. The molecule has 0 saturated carbocycles. The standard InChI is InChI=1S/C35H35BrClN3O5/c1-35(18-41,34(42)43)39-17-22-16-29(36)33(40-32(22)44-2)45-30-12-11-26-25(6-4-7-27(26)30)28-8-3-5-24(31(28)37)20-10-9-19-14-23(38)15-21(19)13-20/h3-10,13,16,23,30,39,41H,11-12,14-15,17-18,38H2,1-2H3,(H,42,43)/t23-,30-,35-/m0/s1. The molecule has 2 aliphatic carbocycles. The molecule has 8 nitrogen and oxygen atoms in total. The van der Waals surface area contributed by atoms with Gasteiger partial charge in [0.15, 0.2) is 0 Å². The molecule has 3 atom stereocenters. The number of aliphatic hydroxyl groups excluding tert-OH is 1. The van der Waals surface area contributed by atoms with Crippen molar-refractivity contribution in [1.82, 2.24) is 10.3 Å². The molecule has 0 fully saturated rings. The minimum Gasteiger partial charge on any atom is -0.481 e. The van der Waals surface area contributed by atoms with Crippen molar-refractivity contribution in [3.8, 4) is 34.0 Å². The number of aromatic nitrogens is 1. The van der Waals surface area contributed by atoms with Gasteiger partial charge in [-0.25, -0.2) is 0 Å². The lowest BCUT2D eigenvalue weighted by Crippen LogP contribution is -2.52. The summed E-state index contributed by atoms with van der Waals surface area (Å²) in [7, 11) is 1.50. The summed E-state index contributed by atoms with van der Waals surface area (Å²) < 4.78 is 12.6. The second kappa shape index (κ2) is 12.7. The molecule has 6 rings (SSSR count). The van der Waals surface area contributed by atoms with Crippen LogP contribution in [-0.2, 0) is 30.6 Å². The molecule has 0 saturated heterocycles. The average molecular weight is 693 g/mol. The molecule has 0 spiro atoms. The lowest BCUT2D eigenvalue weighted by atomic mass is 9.93. The molecule has 1 heterocycles. The topological polar surface area (TPSA) is 127 Å². The molecule has 3 aromatic carbocycles. The van der Waals surface area contributed by atoms with Crippen LogP contribution >= 0.6 is 27.5 Å². The SMILES string of the molecule is COc1nc(O[C@H]2CCc3c(-c4cccc(-c5ccc6c(c5)C[C@@H](N)C6)c4Cl)cccc32)c(Br)cc1CN[C@@](C)(CO)C(=O)O. The fraction of sp³-hybridized carbons (Fsp3) is 0.314. The fourth-order valence-electron chi connectivity index (χ4n) is 6.28. The summed E-state index contributed by atoms with van der Waals surface area (Å²) in [6.45, 7) is 0.968. The predicted octanol–water partition coefficient (Wildman–Crippen LogP) is 6.26. The first-order valence-electron chi connectivity index (χ1n) is 14.9. The van der Waals surface area contributed by atoms with Gasteiger partial charge in [-0.2, -0.15) is 4.98 Å². The van der Waals surface area contributed by atoms with Gasteiger partial charge in [0.2, 0.25) is 11.8 Å². The summed E-state index contributed by atoms with van der Waals surface area (Å²) in [5.41, 5.74) is 14.4. The number of nitrogens with two attached hydrogens (primary N) is 1. The highest BCUT2D eigenvalue weighted by Gasteiger charge is 2.33. The summed E-state index contributed by atoms with van der Waals surface area (Å²) in [5.74, 6) is -0.481. The lowest BCUT2D eigenvalue weighted by Gasteiger charge is -2.24. The smallest absolute Gasteiger partial charge is 0.326 e. The third-order valence-electron chi connectivity index (χ3n) is 8.87. The molecule has 0 radical (unpaired) electrons. The van der Waals surface area contributed by atoms with Crippen LogP contribution in [-0.4, -0.2) is 46.5 Å². The van der Waals surface area contributed by atoms with Crippen LogP contribution in [0.4, 0.5) is 0 Å². The third kappa shape index (κ3) is 6.07. The van der Waals surface area contributed by atoms with Crippen LogP contribution in [0.15, 0.2) is 65.1 Å². The Morgan fingerprint density at radius 2 is 1.82 bits per heavy atom. The van der Waals surface area contributed by atoms with Gasteiger partial charge in [0.1, 0.15) is 11.6 Å². The first-order valence-corrected chi connectivity index (χ1v) is 16.1. The molecule has 10 heteroatoms. The lowest BCUT2D eigenvalue weighted by molar-refractivity contribution is -0.145. The number of ether oxygens (including phenoxy) is 2. The Morgan fingerprint density at radius 1 is 1.09 bits per heavy atom. The molecule has 234 valence electrons. The van der Waals surface area contributed by atoms with Crippen LogP contribution < -0.4 is 20.5 Å². The average Bonchev–Trinajstić information content (AvgIpc) is 3.62. The number of halogens is 2. The summed E-state index contributed by atoms with van der Waals surface area (Å²) in [6, 6.07) is 20.9. The number of carboxylic acids is 1. The van der Waals surface area contributed by atoms with E-state index in [0.29, 0.717) is 21.8 Å². The van der Waals surface area contributed by atoms with Crippen LogP contribution in [0.5, 0.6) is 11.8 Å². The van der Waals surface area contributed by atoms with E-state index in [0.717, 1.165) is 58.5 Å². The number of fused-ring (bicyclic) bond motifs is 2. The maximum absolute atomic E-state index is 11.6. The predicted molar refractivity (Wildman–Crippen MR) is 178 cm³/mol. The van der Waals surface area contributed by atoms with Gasteiger partial charge in [0.05, 0.1) is 23.2 Å². The zero-order valence-electron chi connectivity index (χ0n) is 25.1. The molecule has 5 N–H and O–H groups in total. The van der Waals surface area contributed by atoms with Gasteiger partial charge in [-0.15, -0.1) is 0 Å². The zero-order valence-corrected chi connectivity index (χ0v) is 27.4. The van der Waals surface area contributed by atoms with Gasteiger partial charge in [-0.3, -0.25) is 10.1 Å². The molecule has 4 aromatic rings. The van der Waals surface area contributed by atoms with E-state index in [9.17, 15) is 15.0 Å². The van der Waals surface area contributed by atoms with Crippen LogP contribution in [0, 0.1) is 0 Å². The van der Waals surface area contributed by atoms with Crippen LogP contribution in [0.3, 0.4) is 0 Å². The number of carboxylic acid groups (broad SMARTS) is 1. The number of benzene rings is 3. The Labute approximate surface area is 275 Å². The van der Waals surface area contributed by atoms with Gasteiger partial charge >= 0.3 is 5.97 Å². The van der Waals surface area contributed by atoms with Gasteiger partial charge < -0.3 is 25.4 Å². The van der Waals surface area contributed by atoms with E-state index >= 15 is 0 Å². The molecular weight excluding hydrogens is 658 g/mol. The van der Waals surface area contributed by atoms with Crippen molar-refractivity contribution in [3.05, 3.63) is 98.0 Å². The molecule has 1 aromatic heterocycles. The maximum Gasteiger partial charge on any atom is 0.326 e. The minimum absolute atomic E-state index is 0.118. The van der Waals surface area contributed by atoms with Crippen molar-refractivity contribution < 1.29 is 24.5 Å². The Bertz CT molecular complexity index is 1780. The Balaban J connectivity index is 1.26. The van der Waals surface area contributed by atoms with Crippen molar-refractivity contribution >= 4 is 33.5 Å². The van der Waals surface area contributed by atoms with Crippen LogP contribution in [0.1, 0.15) is 47.3 Å². The summed E-state index contributed by atoms with van der Waals surface area (Å²) >= 11 is 10.7. The van der Waals surface area contributed by atoms with E-state index in [1.54, 1.807) is 6.07 Å². The molecule has 2 aliphatic rings. The van der Waals surface area contributed by atoms with E-state index in [2.05, 4.69) is 74.8 Å². The van der Waals surface area contributed by atoms with Gasteiger partial charge in [-0.05, 0) is 88.0 Å². The minimum atomic E-state index is -1.50. The highest BCUT2D eigenvalue weighted by molar-refractivity contribution is 9.10. The van der Waals surface area contributed by atoms with Crippen LogP contribution in [0.2, 0.25) is 5.02 Å². The molecule has 0 aliphatic heterocycles. The number of nitrogens with one attached hydrogen (secondary N) is 1. The van der Waals surface area contributed by atoms with Crippen molar-refractivity contribution in [1.29, 1.82) is 0 Å². The number of pyridine rings is 1. The summed E-state index contributed by atoms with van der Waals surface area (Å²) in [6.07, 6.45) is 3.16. The molecule has 45 heavy (non-hydrogen) atoms. The molecular formula is C35H35BrClN3O5. The Hall–Kier alpha value is -3.47. The number of aliphatic carboxylic acids is 1. The summed E-state index contributed by atoms with van der Waals surface area (Å²) in [4.78, 5) is 16.2. The van der Waals surface area contributed by atoms with E-state index in [-0.39, 0.29) is 18.7 Å². The normalized spacial score (nSPS) is 18.3. The number of carbonyl (C=O) groups is 1. The monoisotopic (exact) mass is 691 g/mol. The van der Waals surface area contributed by atoms with Crippen LogP contribution in [0.25, 0.3) is 22.3 Å². The van der Waals surface area contributed by atoms with E-state index < -0.39 is 18.1 Å².